The topological polar surface area (TPSA) is 111 Å². The van der Waals surface area contributed by atoms with Crippen LogP contribution >= 0.6 is 0 Å². The Kier molecular flexibility index (Phi) is 13.0. The Hall–Kier alpha value is -6.36. The predicted octanol–water partition coefficient (Wildman–Crippen LogP) is 16.9. The van der Waals surface area contributed by atoms with Gasteiger partial charge >= 0.3 is 0 Å². The van der Waals surface area contributed by atoms with E-state index in [1.807, 2.05) is 30.3 Å². The first-order valence-corrected chi connectivity index (χ1v) is 35.8. The van der Waals surface area contributed by atoms with E-state index in [1.54, 1.807) is 0 Å². The van der Waals surface area contributed by atoms with Crippen molar-refractivity contribution in [3.05, 3.63) is 195 Å². The van der Waals surface area contributed by atoms with E-state index in [9.17, 15) is 19.2 Å². The lowest BCUT2D eigenvalue weighted by molar-refractivity contribution is -0.149. The van der Waals surface area contributed by atoms with Gasteiger partial charge in [-0.1, -0.05) is 148 Å². The zero-order chi connectivity index (χ0) is 62.3. The van der Waals surface area contributed by atoms with Gasteiger partial charge in [0.15, 0.2) is 0 Å². The number of nitrogens with zero attached hydrogens (tertiary/aromatic N) is 1. The number of amides is 1. The van der Waals surface area contributed by atoms with Gasteiger partial charge in [-0.15, -0.1) is 0 Å². The molecule has 3 saturated heterocycles. The lowest BCUT2D eigenvalue weighted by atomic mass is 9.58. The maximum absolute atomic E-state index is 13.2. The Balaban J connectivity index is 0.000000106. The molecule has 5 saturated carbocycles. The summed E-state index contributed by atoms with van der Waals surface area (Å²) in [5.74, 6) is 3.00. The lowest BCUT2D eigenvalue weighted by Gasteiger charge is -2.55. The van der Waals surface area contributed by atoms with Crippen LogP contribution < -0.4 is 5.32 Å². The highest BCUT2D eigenvalue weighted by molar-refractivity contribution is 6.05. The fourth-order valence-corrected chi connectivity index (χ4v) is 23.6. The number of fused-ring (bicyclic) bond motifs is 5. The molecule has 92 heavy (non-hydrogen) atoms. The van der Waals surface area contributed by atoms with Crippen molar-refractivity contribution in [2.24, 2.45) is 34.0 Å². The SMILES string of the molecule is C[C@]12CC=C3C=C4CCC(=O)C[C@]45CC[C@]3(O5)[C@@H]1CC=C2C(=O)Nc1ccccc1.C[C@]12CC=C3C=C4CCC(=O)C[C@]45CC[C@]3(O5)[C@@H]1CC[C@@H]2N1CCc2ccccc2C1.C[C@]12CC=C3C=C4CCC(=O)C[C@]45CC[C@]3(O5)[C@@H]1CC[C@@H]2c1ccc2ccccc2c1.[HH]. The molecule has 0 aromatic heterocycles. The first-order valence-electron chi connectivity index (χ1n) is 35.8. The highest BCUT2D eigenvalue weighted by atomic mass is 16.5. The number of ether oxygens (including phenoxy) is 3. The predicted molar refractivity (Wildman–Crippen MR) is 360 cm³/mol. The summed E-state index contributed by atoms with van der Waals surface area (Å²) < 4.78 is 21.2. The van der Waals surface area contributed by atoms with Crippen LogP contribution in [-0.4, -0.2) is 74.3 Å². The quantitative estimate of drug-likeness (QED) is 0.215. The number of nitrogens with one attached hydrogen (secondary N) is 1. The van der Waals surface area contributed by atoms with Crippen LogP contribution in [0.5, 0.6) is 0 Å². The molecule has 7 aliphatic heterocycles. The van der Waals surface area contributed by atoms with Gasteiger partial charge in [0.2, 0.25) is 0 Å². The molecule has 1 amide bonds. The van der Waals surface area contributed by atoms with Crippen molar-refractivity contribution in [3.8, 4) is 0 Å². The van der Waals surface area contributed by atoms with Gasteiger partial charge in [0, 0.05) is 81.7 Å². The van der Waals surface area contributed by atoms with Gasteiger partial charge in [-0.05, 0) is 217 Å². The van der Waals surface area contributed by atoms with E-state index < -0.39 is 0 Å². The molecule has 476 valence electrons. The largest absolute Gasteiger partial charge is 0.359 e. The second-order valence-electron chi connectivity index (χ2n) is 32.3. The molecule has 7 heterocycles. The Morgan fingerprint density at radius 1 is 0.511 bits per heavy atom. The Labute approximate surface area is 544 Å². The number of anilines is 1. The van der Waals surface area contributed by atoms with Crippen LogP contribution in [0.1, 0.15) is 192 Å². The molecule has 0 radical (unpaired) electrons. The number of allylic oxidation sites excluding steroid dienone is 4. The molecule has 4 aromatic rings. The maximum Gasteiger partial charge on any atom is 0.251 e. The number of para-hydroxylation sites is 1. The Morgan fingerprint density at radius 2 is 1.03 bits per heavy atom. The summed E-state index contributed by atoms with van der Waals surface area (Å²) in [5.41, 5.74) is 13.2. The third-order valence-corrected chi connectivity index (χ3v) is 28.1. The van der Waals surface area contributed by atoms with Crippen LogP contribution in [0.25, 0.3) is 10.8 Å². The van der Waals surface area contributed by atoms with E-state index >= 15 is 0 Å². The number of hydrogen-bond acceptors (Lipinski definition) is 8. The summed E-state index contributed by atoms with van der Waals surface area (Å²) >= 11 is 0. The molecule has 8 fully saturated rings. The van der Waals surface area contributed by atoms with Gasteiger partial charge in [0.25, 0.3) is 5.91 Å². The molecule has 6 bridgehead atoms. The number of Topliss-reactive ketones (excluding diaryl/α,β-unsaturated/α-hetero) is 3. The fourth-order valence-electron chi connectivity index (χ4n) is 23.6. The van der Waals surface area contributed by atoms with E-state index in [-0.39, 0.29) is 63.1 Å². The molecular weight excluding hydrogens is 1140 g/mol. The minimum Gasteiger partial charge on any atom is -0.359 e. The maximum atomic E-state index is 13.2. The van der Waals surface area contributed by atoms with Gasteiger partial charge in [0.05, 0.1) is 33.6 Å². The molecule has 16 aliphatic rings. The monoisotopic (exact) mass is 1230 g/mol. The minimum atomic E-state index is -0.389. The number of benzene rings is 4. The lowest BCUT2D eigenvalue weighted by Crippen LogP contribution is -2.57. The van der Waals surface area contributed by atoms with Gasteiger partial charge in [-0.25, -0.2) is 0 Å². The van der Waals surface area contributed by atoms with Crippen LogP contribution in [0.4, 0.5) is 5.69 Å². The minimum absolute atomic E-state index is 0. The molecular formula is C83H92N2O7. The molecule has 9 aliphatic carbocycles. The molecule has 9 nitrogen and oxygen atoms in total. The summed E-state index contributed by atoms with van der Waals surface area (Å²) in [6.07, 6.45) is 39.4. The van der Waals surface area contributed by atoms with E-state index in [1.165, 1.54) is 99.6 Å². The van der Waals surface area contributed by atoms with Crippen molar-refractivity contribution in [2.75, 3.05) is 11.9 Å². The van der Waals surface area contributed by atoms with Crippen LogP contribution in [0.15, 0.2) is 179 Å². The van der Waals surface area contributed by atoms with Crippen LogP contribution in [-0.2, 0) is 46.4 Å². The van der Waals surface area contributed by atoms with Crippen molar-refractivity contribution < 1.29 is 34.8 Å². The van der Waals surface area contributed by atoms with Gasteiger partial charge in [-0.2, -0.15) is 0 Å². The normalized spacial score (nSPS) is 41.0. The molecule has 6 spiro atoms. The van der Waals surface area contributed by atoms with Crippen LogP contribution in [0.3, 0.4) is 0 Å². The van der Waals surface area contributed by atoms with Crippen LogP contribution in [0, 0.1) is 34.0 Å². The van der Waals surface area contributed by atoms with E-state index in [0.717, 1.165) is 101 Å². The zero-order valence-electron chi connectivity index (χ0n) is 54.4. The third kappa shape index (κ3) is 8.34. The summed E-state index contributed by atoms with van der Waals surface area (Å²) in [6, 6.07) is 35.1. The Morgan fingerprint density at radius 3 is 1.65 bits per heavy atom. The third-order valence-electron chi connectivity index (χ3n) is 28.1. The molecule has 9 heteroatoms. The fraction of sp³-hybridized carbons (Fsp3) is 0.518. The molecule has 1 N–H and O–H groups in total. The highest BCUT2D eigenvalue weighted by Gasteiger charge is 2.70. The highest BCUT2D eigenvalue weighted by Crippen LogP contribution is 2.71. The average molecular weight is 1230 g/mol. The first kappa shape index (κ1) is 58.2. The Bertz CT molecular complexity index is 4110. The van der Waals surface area contributed by atoms with Gasteiger partial charge in [-0.3, -0.25) is 24.1 Å². The second-order valence-corrected chi connectivity index (χ2v) is 32.3. The summed E-state index contributed by atoms with van der Waals surface area (Å²) in [4.78, 5) is 53.0. The van der Waals surface area contributed by atoms with Crippen molar-refractivity contribution in [1.29, 1.82) is 0 Å². The second kappa shape index (κ2) is 20.6. The molecule has 14 atom stereocenters. The summed E-state index contributed by atoms with van der Waals surface area (Å²) in [6.45, 7) is 9.57. The van der Waals surface area contributed by atoms with Gasteiger partial charge in [0.1, 0.15) is 17.3 Å². The molecule has 4 aromatic carbocycles. The number of carbonyl (C=O) groups is 4. The molecule has 20 rings (SSSR count). The van der Waals surface area contributed by atoms with Crippen molar-refractivity contribution in [3.63, 3.8) is 0 Å². The number of hydrogen-bond donors (Lipinski definition) is 1. The number of ketones is 3. The van der Waals surface area contributed by atoms with Crippen molar-refractivity contribution in [2.45, 2.75) is 227 Å². The van der Waals surface area contributed by atoms with E-state index in [2.05, 4.69) is 140 Å². The standard InChI is InChI=1S/C29H30O2.C28H33NO2.C26H27NO3.H2/c1-27-13-12-23-17-22-8-9-24(30)18-28(22)14-15-29(23,31-28)26(27)11-10-25(27)21-7-6-19-4-2-3-5-20(19)16-21;1-26-12-10-22-16-21-6-7-23(30)17-27(21)13-14-28(22,31-27)24(26)8-9-25(26)29-15-11-19-4-2-3-5-20(19)18-29;1-24-12-11-18-15-17-7-8-20(28)16-25(17)13-14-26(18,30-25)22(24)10-9-21(24)23(29)27-19-5-3-2-4-6-19;/h2-7,12,16-17,25-26H,8-11,13-15,18H2,1H3;2-5,10,16,24-25H,6-9,11-15,17-18H2,1H3;2-6,9,11,15,22H,7-8,10,12-14,16H2,1H3,(H,27,29);1H/t25-,26-,27-,28-,29-;24-,25+,26+,27-,28-;22-,24-,25-,26-;/m111./s1. The summed E-state index contributed by atoms with van der Waals surface area (Å²) in [7, 11) is 0. The smallest absolute Gasteiger partial charge is 0.251 e. The summed E-state index contributed by atoms with van der Waals surface area (Å²) in [5, 5.41) is 5.75. The van der Waals surface area contributed by atoms with E-state index in [4.69, 9.17) is 14.2 Å². The van der Waals surface area contributed by atoms with Crippen molar-refractivity contribution in [1.82, 2.24) is 4.90 Å². The van der Waals surface area contributed by atoms with Crippen molar-refractivity contribution >= 4 is 39.7 Å². The van der Waals surface area contributed by atoms with Gasteiger partial charge < -0.3 is 19.5 Å². The average Bonchev–Trinajstić information content (AvgIpc) is 1.56. The first-order chi connectivity index (χ1) is 44.5. The van der Waals surface area contributed by atoms with Crippen LogP contribution in [0.2, 0.25) is 0 Å². The zero-order valence-corrected chi connectivity index (χ0v) is 54.4. The molecule has 0 unspecified atom stereocenters. The number of carbonyl (C=O) groups excluding carboxylic acids is 4. The van der Waals surface area contributed by atoms with E-state index in [0.29, 0.717) is 79.7 Å². The number of rotatable bonds is 4.